The maximum atomic E-state index is 10.8. The summed E-state index contributed by atoms with van der Waals surface area (Å²) in [5.41, 5.74) is 1.56. The first-order chi connectivity index (χ1) is 10.2. The van der Waals surface area contributed by atoms with Crippen molar-refractivity contribution in [3.05, 3.63) is 53.6 Å². The van der Waals surface area contributed by atoms with Gasteiger partial charge >= 0.3 is 5.97 Å². The van der Waals surface area contributed by atoms with E-state index >= 15 is 0 Å². The number of benzene rings is 1. The standard InChI is InChI=1S/C16H19N3O2/c20-16(21)14-3-1-12(2-4-14)9-13-5-8-19(10-13)11-15-17-6-7-18-15/h1-4,6-7,13H,5,8-11H2,(H,17,18)(H,20,21)/t13-/m0/s1. The highest BCUT2D eigenvalue weighted by molar-refractivity contribution is 5.87. The molecule has 2 heterocycles. The Bertz CT molecular complexity index is 592. The lowest BCUT2D eigenvalue weighted by molar-refractivity contribution is 0.0697. The Labute approximate surface area is 123 Å². The van der Waals surface area contributed by atoms with Crippen molar-refractivity contribution in [2.45, 2.75) is 19.4 Å². The average molecular weight is 285 g/mol. The molecule has 0 amide bonds. The molecule has 1 aliphatic rings. The first-order valence-electron chi connectivity index (χ1n) is 7.23. The molecule has 0 saturated carbocycles. The molecular formula is C16H19N3O2. The lowest BCUT2D eigenvalue weighted by Crippen LogP contribution is -2.21. The Morgan fingerprint density at radius 1 is 1.38 bits per heavy atom. The molecule has 0 radical (unpaired) electrons. The maximum Gasteiger partial charge on any atom is 0.335 e. The molecule has 21 heavy (non-hydrogen) atoms. The summed E-state index contributed by atoms with van der Waals surface area (Å²) in [7, 11) is 0. The second-order valence-corrected chi connectivity index (χ2v) is 5.63. The third kappa shape index (κ3) is 3.49. The first-order valence-corrected chi connectivity index (χ1v) is 7.23. The fourth-order valence-electron chi connectivity index (χ4n) is 2.94. The van der Waals surface area contributed by atoms with E-state index in [0.29, 0.717) is 11.5 Å². The largest absolute Gasteiger partial charge is 0.478 e. The Kier molecular flexibility index (Phi) is 4.01. The van der Waals surface area contributed by atoms with E-state index in [1.54, 1.807) is 18.3 Å². The van der Waals surface area contributed by atoms with Gasteiger partial charge in [0.15, 0.2) is 0 Å². The monoisotopic (exact) mass is 285 g/mol. The van der Waals surface area contributed by atoms with Crippen molar-refractivity contribution >= 4 is 5.97 Å². The summed E-state index contributed by atoms with van der Waals surface area (Å²) in [5.74, 6) is 0.782. The van der Waals surface area contributed by atoms with Gasteiger partial charge in [-0.25, -0.2) is 9.78 Å². The van der Waals surface area contributed by atoms with E-state index in [9.17, 15) is 4.79 Å². The third-order valence-electron chi connectivity index (χ3n) is 4.02. The molecule has 0 spiro atoms. The zero-order valence-electron chi connectivity index (χ0n) is 11.8. The number of carbonyl (C=O) groups is 1. The number of rotatable bonds is 5. The molecule has 2 N–H and O–H groups in total. The highest BCUT2D eigenvalue weighted by Gasteiger charge is 2.23. The van der Waals surface area contributed by atoms with Crippen LogP contribution in [-0.2, 0) is 13.0 Å². The van der Waals surface area contributed by atoms with Crippen LogP contribution in [0.5, 0.6) is 0 Å². The highest BCUT2D eigenvalue weighted by Crippen LogP contribution is 2.22. The van der Waals surface area contributed by atoms with Gasteiger partial charge in [0.05, 0.1) is 12.1 Å². The van der Waals surface area contributed by atoms with E-state index in [1.807, 2.05) is 18.3 Å². The number of H-pyrrole nitrogens is 1. The number of likely N-dealkylation sites (tertiary alicyclic amines) is 1. The molecule has 5 nitrogen and oxygen atoms in total. The number of aromatic amines is 1. The smallest absolute Gasteiger partial charge is 0.335 e. The van der Waals surface area contributed by atoms with Crippen LogP contribution in [0, 0.1) is 5.92 Å². The summed E-state index contributed by atoms with van der Waals surface area (Å²) in [6, 6.07) is 7.23. The summed E-state index contributed by atoms with van der Waals surface area (Å²) in [4.78, 5) is 20.6. The Morgan fingerprint density at radius 2 is 2.19 bits per heavy atom. The number of aromatic nitrogens is 2. The summed E-state index contributed by atoms with van der Waals surface area (Å²) in [6.45, 7) is 3.04. The number of imidazole rings is 1. The third-order valence-corrected chi connectivity index (χ3v) is 4.02. The minimum absolute atomic E-state index is 0.351. The quantitative estimate of drug-likeness (QED) is 0.883. The van der Waals surface area contributed by atoms with Crippen molar-refractivity contribution in [1.29, 1.82) is 0 Å². The molecule has 1 fully saturated rings. The van der Waals surface area contributed by atoms with E-state index in [-0.39, 0.29) is 0 Å². The predicted octanol–water partition coefficient (Wildman–Crippen LogP) is 2.17. The lowest BCUT2D eigenvalue weighted by atomic mass is 9.98. The highest BCUT2D eigenvalue weighted by atomic mass is 16.4. The van der Waals surface area contributed by atoms with Crippen molar-refractivity contribution in [2.24, 2.45) is 5.92 Å². The Hall–Kier alpha value is -2.14. The van der Waals surface area contributed by atoms with Crippen LogP contribution in [0.4, 0.5) is 0 Å². The number of carboxylic acid groups (broad SMARTS) is 1. The van der Waals surface area contributed by atoms with Crippen molar-refractivity contribution < 1.29 is 9.90 Å². The van der Waals surface area contributed by atoms with Crippen LogP contribution < -0.4 is 0 Å². The molecule has 3 rings (SSSR count). The van der Waals surface area contributed by atoms with Gasteiger partial charge in [-0.1, -0.05) is 12.1 Å². The van der Waals surface area contributed by atoms with Crippen LogP contribution in [0.1, 0.15) is 28.2 Å². The van der Waals surface area contributed by atoms with Gasteiger partial charge in [0, 0.05) is 18.9 Å². The Morgan fingerprint density at radius 3 is 2.86 bits per heavy atom. The van der Waals surface area contributed by atoms with Gasteiger partial charge in [0.1, 0.15) is 5.82 Å². The predicted molar refractivity (Wildman–Crippen MR) is 79.1 cm³/mol. The van der Waals surface area contributed by atoms with Gasteiger partial charge in [-0.05, 0) is 43.0 Å². The fraction of sp³-hybridized carbons (Fsp3) is 0.375. The number of nitrogens with one attached hydrogen (secondary N) is 1. The summed E-state index contributed by atoms with van der Waals surface area (Å²) >= 11 is 0. The van der Waals surface area contributed by atoms with Gasteiger partial charge in [-0.15, -0.1) is 0 Å². The molecular weight excluding hydrogens is 266 g/mol. The minimum atomic E-state index is -0.868. The number of nitrogens with zero attached hydrogens (tertiary/aromatic N) is 2. The van der Waals surface area contributed by atoms with E-state index < -0.39 is 5.97 Å². The SMILES string of the molecule is O=C(O)c1ccc(C[C@@H]2CCN(Cc3ncc[nH]3)C2)cc1. The van der Waals surface area contributed by atoms with Crippen LogP contribution in [0.3, 0.4) is 0 Å². The number of carboxylic acids is 1. The molecule has 1 aromatic carbocycles. The summed E-state index contributed by atoms with van der Waals surface area (Å²) in [6.07, 6.45) is 5.83. The van der Waals surface area contributed by atoms with E-state index in [2.05, 4.69) is 14.9 Å². The Balaban J connectivity index is 1.53. The number of hydrogen-bond donors (Lipinski definition) is 2. The van der Waals surface area contributed by atoms with Crippen LogP contribution >= 0.6 is 0 Å². The molecule has 1 aliphatic heterocycles. The van der Waals surface area contributed by atoms with Gasteiger partial charge in [-0.3, -0.25) is 4.90 Å². The molecule has 5 heteroatoms. The van der Waals surface area contributed by atoms with Gasteiger partial charge in [-0.2, -0.15) is 0 Å². The fourth-order valence-corrected chi connectivity index (χ4v) is 2.94. The molecule has 0 aliphatic carbocycles. The van der Waals surface area contributed by atoms with Crippen LogP contribution in [0.2, 0.25) is 0 Å². The zero-order valence-corrected chi connectivity index (χ0v) is 11.8. The van der Waals surface area contributed by atoms with Gasteiger partial charge in [0.25, 0.3) is 0 Å². The first kappa shape index (κ1) is 13.8. The van der Waals surface area contributed by atoms with Crippen molar-refractivity contribution in [1.82, 2.24) is 14.9 Å². The van der Waals surface area contributed by atoms with Crippen molar-refractivity contribution in [2.75, 3.05) is 13.1 Å². The van der Waals surface area contributed by atoms with Crippen LogP contribution in [0.15, 0.2) is 36.7 Å². The minimum Gasteiger partial charge on any atom is -0.478 e. The maximum absolute atomic E-state index is 10.8. The van der Waals surface area contributed by atoms with E-state index in [0.717, 1.165) is 31.9 Å². The molecule has 2 aromatic rings. The van der Waals surface area contributed by atoms with E-state index in [1.165, 1.54) is 12.0 Å². The van der Waals surface area contributed by atoms with Crippen molar-refractivity contribution in [3.8, 4) is 0 Å². The second-order valence-electron chi connectivity index (χ2n) is 5.63. The summed E-state index contributed by atoms with van der Waals surface area (Å²) in [5, 5.41) is 8.90. The van der Waals surface area contributed by atoms with Crippen molar-refractivity contribution in [3.63, 3.8) is 0 Å². The second kappa shape index (κ2) is 6.10. The lowest BCUT2D eigenvalue weighted by Gasteiger charge is -2.14. The number of aromatic carboxylic acids is 1. The number of hydrogen-bond acceptors (Lipinski definition) is 3. The van der Waals surface area contributed by atoms with Crippen LogP contribution in [-0.4, -0.2) is 39.0 Å². The molecule has 1 aromatic heterocycles. The molecule has 110 valence electrons. The molecule has 0 bridgehead atoms. The average Bonchev–Trinajstić information content (AvgIpc) is 3.12. The van der Waals surface area contributed by atoms with Crippen LogP contribution in [0.25, 0.3) is 0 Å². The molecule has 1 atom stereocenters. The molecule has 1 saturated heterocycles. The zero-order chi connectivity index (χ0) is 14.7. The summed E-state index contributed by atoms with van der Waals surface area (Å²) < 4.78 is 0. The molecule has 0 unspecified atom stereocenters. The topological polar surface area (TPSA) is 69.2 Å². The van der Waals surface area contributed by atoms with Gasteiger partial charge < -0.3 is 10.1 Å². The van der Waals surface area contributed by atoms with E-state index in [4.69, 9.17) is 5.11 Å². The van der Waals surface area contributed by atoms with Gasteiger partial charge in [0.2, 0.25) is 0 Å². The normalized spacial score (nSPS) is 19.0.